The molecule has 0 bridgehead atoms. The highest BCUT2D eigenvalue weighted by molar-refractivity contribution is 8.00. The third-order valence-corrected chi connectivity index (χ3v) is 7.48. The summed E-state index contributed by atoms with van der Waals surface area (Å²) in [4.78, 5) is 62.9. The zero-order chi connectivity index (χ0) is 30.7. The van der Waals surface area contributed by atoms with Crippen molar-refractivity contribution in [1.82, 2.24) is 25.1 Å². The first-order chi connectivity index (χ1) is 20.0. The van der Waals surface area contributed by atoms with Crippen LogP contribution in [0.4, 0.5) is 4.79 Å². The van der Waals surface area contributed by atoms with Crippen molar-refractivity contribution < 1.29 is 29.0 Å². The molecule has 42 heavy (non-hydrogen) atoms. The summed E-state index contributed by atoms with van der Waals surface area (Å²) in [7, 11) is 0. The molecule has 11 nitrogen and oxygen atoms in total. The molecule has 1 saturated heterocycles. The number of unbranched alkanes of at least 4 members (excludes halogenated alkanes) is 2. The number of piperazine rings is 1. The normalized spacial score (nSPS) is 14.3. The maximum Gasteiger partial charge on any atom is 0.409 e. The van der Waals surface area contributed by atoms with E-state index in [2.05, 4.69) is 22.2 Å². The van der Waals surface area contributed by atoms with Gasteiger partial charge in [-0.25, -0.2) is 14.8 Å². The molecule has 1 fully saturated rings. The van der Waals surface area contributed by atoms with E-state index in [-0.39, 0.29) is 49.5 Å². The molecular weight excluding hydrogens is 558 g/mol. The van der Waals surface area contributed by atoms with Gasteiger partial charge in [-0.15, -0.1) is 11.8 Å². The number of carboxylic acid groups (broad SMARTS) is 1. The predicted molar refractivity (Wildman–Crippen MR) is 160 cm³/mol. The van der Waals surface area contributed by atoms with Gasteiger partial charge < -0.3 is 25.0 Å². The Morgan fingerprint density at radius 1 is 1.02 bits per heavy atom. The highest BCUT2D eigenvalue weighted by Gasteiger charge is 2.31. The number of benzene rings is 1. The molecule has 0 saturated carbocycles. The molecule has 0 aliphatic carbocycles. The minimum absolute atomic E-state index is 0.0827. The number of nitrogens with zero attached hydrogens (tertiary/aromatic N) is 4. The molecule has 1 aliphatic heterocycles. The monoisotopic (exact) mass is 599 g/mol. The number of ether oxygens (including phenoxy) is 1. The predicted octanol–water partition coefficient (Wildman–Crippen LogP) is 4.47. The second-order valence-corrected chi connectivity index (χ2v) is 12.9. The van der Waals surface area contributed by atoms with Gasteiger partial charge in [-0.05, 0) is 12.8 Å². The van der Waals surface area contributed by atoms with Crippen LogP contribution in [0.5, 0.6) is 0 Å². The van der Waals surface area contributed by atoms with E-state index < -0.39 is 29.9 Å². The fourth-order valence-electron chi connectivity index (χ4n) is 4.31. The molecule has 2 N–H and O–H groups in total. The van der Waals surface area contributed by atoms with Crippen LogP contribution in [0.3, 0.4) is 0 Å². The van der Waals surface area contributed by atoms with Crippen LogP contribution in [0.2, 0.25) is 0 Å². The van der Waals surface area contributed by atoms with E-state index in [1.165, 1.54) is 11.8 Å². The van der Waals surface area contributed by atoms with Gasteiger partial charge in [0.2, 0.25) is 5.91 Å². The van der Waals surface area contributed by atoms with Crippen molar-refractivity contribution in [3.63, 3.8) is 0 Å². The highest BCUT2D eigenvalue weighted by atomic mass is 32.2. The van der Waals surface area contributed by atoms with Gasteiger partial charge >= 0.3 is 12.1 Å². The molecule has 3 rings (SSSR count). The summed E-state index contributed by atoms with van der Waals surface area (Å²) >= 11 is 1.49. The Balaban J connectivity index is 1.74. The molecule has 1 atom stereocenters. The summed E-state index contributed by atoms with van der Waals surface area (Å²) in [6, 6.07) is 9.80. The molecular formula is C30H41N5O6S. The molecule has 0 unspecified atom stereocenters. The van der Waals surface area contributed by atoms with Gasteiger partial charge in [0.25, 0.3) is 5.91 Å². The number of hydrogen-bond acceptors (Lipinski definition) is 8. The Bertz CT molecular complexity index is 1230. The van der Waals surface area contributed by atoms with Crippen molar-refractivity contribution in [3.05, 3.63) is 42.1 Å². The van der Waals surface area contributed by atoms with Gasteiger partial charge in [0.1, 0.15) is 16.8 Å². The van der Waals surface area contributed by atoms with Gasteiger partial charge in [-0.2, -0.15) is 0 Å². The molecule has 0 spiro atoms. The molecule has 12 heteroatoms. The van der Waals surface area contributed by atoms with Crippen LogP contribution in [-0.4, -0.2) is 92.3 Å². The largest absolute Gasteiger partial charge is 0.481 e. The van der Waals surface area contributed by atoms with Crippen LogP contribution in [0, 0.1) is 0 Å². The summed E-state index contributed by atoms with van der Waals surface area (Å²) in [5, 5.41) is 12.6. The van der Waals surface area contributed by atoms with Crippen molar-refractivity contribution in [3.8, 4) is 11.4 Å². The number of thioether (sulfide) groups is 1. The standard InChI is InChI=1S/C30H41N5O6S/c1-5-6-10-19-41-29(40)35-17-15-34(16-18-35)28(39)22(13-14-25(36)37)32-27(38)23-20-24(42-30(2,3)4)33-26(31-23)21-11-8-7-9-12-21/h7-9,11-12,20,22H,5-6,10,13-19H2,1-4H3,(H,32,38)(H,36,37)/t22-/m0/s1. The van der Waals surface area contributed by atoms with E-state index in [1.54, 1.807) is 15.9 Å². The number of amides is 3. The lowest BCUT2D eigenvalue weighted by Crippen LogP contribution is -2.56. The number of carboxylic acids is 1. The van der Waals surface area contributed by atoms with Crippen molar-refractivity contribution in [2.75, 3.05) is 32.8 Å². The van der Waals surface area contributed by atoms with E-state index in [4.69, 9.17) is 4.74 Å². The Morgan fingerprint density at radius 2 is 1.69 bits per heavy atom. The van der Waals surface area contributed by atoms with Crippen molar-refractivity contribution in [2.45, 2.75) is 75.6 Å². The molecule has 3 amide bonds. The minimum atomic E-state index is -1.07. The number of carbonyl (C=O) groups excluding carboxylic acids is 3. The maximum atomic E-state index is 13.5. The van der Waals surface area contributed by atoms with Crippen molar-refractivity contribution >= 4 is 35.6 Å². The zero-order valence-corrected chi connectivity index (χ0v) is 25.6. The maximum absolute atomic E-state index is 13.5. The summed E-state index contributed by atoms with van der Waals surface area (Å²) in [6.07, 6.45) is 2.03. The van der Waals surface area contributed by atoms with Gasteiger partial charge in [0.15, 0.2) is 5.82 Å². The second-order valence-electron chi connectivity index (χ2n) is 11.1. The highest BCUT2D eigenvalue weighted by Crippen LogP contribution is 2.32. The van der Waals surface area contributed by atoms with Crippen LogP contribution < -0.4 is 5.32 Å². The summed E-state index contributed by atoms with van der Waals surface area (Å²) in [5.41, 5.74) is 0.822. The van der Waals surface area contributed by atoms with E-state index in [9.17, 15) is 24.3 Å². The van der Waals surface area contributed by atoms with E-state index in [1.807, 2.05) is 51.1 Å². The number of rotatable bonds is 12. The molecule has 2 heterocycles. The van der Waals surface area contributed by atoms with Crippen LogP contribution in [0.25, 0.3) is 11.4 Å². The number of hydrogen-bond donors (Lipinski definition) is 2. The lowest BCUT2D eigenvalue weighted by molar-refractivity contribution is -0.138. The van der Waals surface area contributed by atoms with E-state index >= 15 is 0 Å². The van der Waals surface area contributed by atoms with Crippen LogP contribution in [0.15, 0.2) is 41.4 Å². The van der Waals surface area contributed by atoms with Gasteiger partial charge in [-0.1, -0.05) is 70.9 Å². The first-order valence-corrected chi connectivity index (χ1v) is 15.1. The summed E-state index contributed by atoms with van der Waals surface area (Å²) < 4.78 is 5.14. The van der Waals surface area contributed by atoms with Crippen LogP contribution >= 0.6 is 11.8 Å². The first-order valence-electron chi connectivity index (χ1n) is 14.3. The molecule has 1 aromatic carbocycles. The SMILES string of the molecule is CCCCCOC(=O)N1CCN(C(=O)[C@H](CCC(=O)O)NC(=O)c2cc(SC(C)(C)C)nc(-c3ccccc3)n2)CC1. The molecule has 2 aromatic rings. The summed E-state index contributed by atoms with van der Waals surface area (Å²) in [5.74, 6) is -1.69. The van der Waals surface area contributed by atoms with Crippen molar-refractivity contribution in [2.24, 2.45) is 0 Å². The third kappa shape index (κ3) is 10.3. The lowest BCUT2D eigenvalue weighted by atomic mass is 10.1. The molecule has 0 radical (unpaired) electrons. The Labute approximate surface area is 251 Å². The van der Waals surface area contributed by atoms with Gasteiger partial charge in [0.05, 0.1) is 6.61 Å². The van der Waals surface area contributed by atoms with Gasteiger partial charge in [0, 0.05) is 49.0 Å². The van der Waals surface area contributed by atoms with Crippen molar-refractivity contribution in [1.29, 1.82) is 0 Å². The smallest absolute Gasteiger partial charge is 0.409 e. The molecule has 1 aliphatic rings. The topological polar surface area (TPSA) is 142 Å². The molecule has 228 valence electrons. The quantitative estimate of drug-likeness (QED) is 0.205. The third-order valence-electron chi connectivity index (χ3n) is 6.45. The zero-order valence-electron chi connectivity index (χ0n) is 24.8. The average molecular weight is 600 g/mol. The number of aromatic nitrogens is 2. The minimum Gasteiger partial charge on any atom is -0.481 e. The van der Waals surface area contributed by atoms with Crippen LogP contribution in [0.1, 0.15) is 70.3 Å². The summed E-state index contributed by atoms with van der Waals surface area (Å²) in [6.45, 7) is 9.62. The fourth-order valence-corrected chi connectivity index (χ4v) is 5.24. The Hall–Kier alpha value is -3.67. The molecule has 1 aromatic heterocycles. The number of aliphatic carboxylic acids is 1. The number of carbonyl (C=O) groups is 4. The first kappa shape index (κ1) is 32.8. The Morgan fingerprint density at radius 3 is 2.31 bits per heavy atom. The van der Waals surface area contributed by atoms with Crippen LogP contribution in [-0.2, 0) is 14.3 Å². The van der Waals surface area contributed by atoms with E-state index in [0.717, 1.165) is 24.8 Å². The Kier molecular flexibility index (Phi) is 12.1. The van der Waals surface area contributed by atoms with E-state index in [0.29, 0.717) is 17.5 Å². The second kappa shape index (κ2) is 15.5. The lowest BCUT2D eigenvalue weighted by Gasteiger charge is -2.36. The average Bonchev–Trinajstić information content (AvgIpc) is 2.96. The number of nitrogens with one attached hydrogen (secondary N) is 1. The fraction of sp³-hybridized carbons (Fsp3) is 0.533. The van der Waals surface area contributed by atoms with Gasteiger partial charge in [-0.3, -0.25) is 14.4 Å².